The summed E-state index contributed by atoms with van der Waals surface area (Å²) in [6, 6.07) is 12.9. The highest BCUT2D eigenvalue weighted by Gasteiger charge is 2.19. The molecule has 2 rings (SSSR count). The van der Waals surface area contributed by atoms with Crippen LogP contribution in [0.3, 0.4) is 0 Å². The van der Waals surface area contributed by atoms with Crippen molar-refractivity contribution in [3.8, 4) is 0 Å². The lowest BCUT2D eigenvalue weighted by molar-refractivity contribution is -0.393. The first-order chi connectivity index (χ1) is 12.0. The van der Waals surface area contributed by atoms with Gasteiger partial charge in [0.25, 0.3) is 5.69 Å². The van der Waals surface area contributed by atoms with Crippen molar-refractivity contribution >= 4 is 28.8 Å². The second-order valence-electron chi connectivity index (χ2n) is 5.02. The third-order valence-electron chi connectivity index (χ3n) is 3.31. The van der Waals surface area contributed by atoms with Crippen LogP contribution in [0, 0.1) is 20.2 Å². The third kappa shape index (κ3) is 4.71. The van der Waals surface area contributed by atoms with E-state index in [-0.39, 0.29) is 11.4 Å². The van der Waals surface area contributed by atoms with Crippen LogP contribution in [0.1, 0.15) is 18.9 Å². The number of hydrazone groups is 1. The van der Waals surface area contributed by atoms with E-state index in [1.54, 1.807) is 6.21 Å². The molecule has 0 heterocycles. The van der Waals surface area contributed by atoms with E-state index in [1.165, 1.54) is 12.1 Å². The van der Waals surface area contributed by atoms with E-state index in [0.717, 1.165) is 23.6 Å². The fraction of sp³-hybridized carbons (Fsp3) is 0.118. The fourth-order valence-corrected chi connectivity index (χ4v) is 2.15. The molecule has 0 amide bonds. The highest BCUT2D eigenvalue weighted by molar-refractivity contribution is 6.09. The Morgan fingerprint density at radius 3 is 2.44 bits per heavy atom. The van der Waals surface area contributed by atoms with Crippen LogP contribution in [0.15, 0.2) is 59.7 Å². The van der Waals surface area contributed by atoms with Crippen LogP contribution < -0.4 is 5.43 Å². The minimum absolute atomic E-state index is 0.0794. The zero-order valence-electron chi connectivity index (χ0n) is 13.5. The van der Waals surface area contributed by atoms with Gasteiger partial charge in [-0.15, -0.1) is 0 Å². The van der Waals surface area contributed by atoms with E-state index < -0.39 is 15.5 Å². The van der Waals surface area contributed by atoms with Crippen LogP contribution in [0.25, 0.3) is 5.57 Å². The molecule has 8 heteroatoms. The first-order valence-electron chi connectivity index (χ1n) is 7.50. The molecule has 0 fully saturated rings. The molecule has 0 unspecified atom stereocenters. The van der Waals surface area contributed by atoms with Crippen LogP contribution in [-0.4, -0.2) is 16.1 Å². The summed E-state index contributed by atoms with van der Waals surface area (Å²) in [5, 5.41) is 25.9. The first kappa shape index (κ1) is 17.8. The number of non-ortho nitro benzene ring substituents is 1. The number of benzene rings is 2. The van der Waals surface area contributed by atoms with Gasteiger partial charge in [-0.05, 0) is 23.6 Å². The predicted octanol–water partition coefficient (Wildman–Crippen LogP) is 4.39. The number of hydrogen-bond acceptors (Lipinski definition) is 6. The highest BCUT2D eigenvalue weighted by Crippen LogP contribution is 2.28. The average molecular weight is 340 g/mol. The van der Waals surface area contributed by atoms with E-state index in [9.17, 15) is 20.2 Å². The fourth-order valence-electron chi connectivity index (χ4n) is 2.15. The summed E-state index contributed by atoms with van der Waals surface area (Å²) in [5.41, 5.74) is 3.73. The molecule has 2 aromatic carbocycles. The molecule has 2 aromatic rings. The van der Waals surface area contributed by atoms with Gasteiger partial charge in [0.15, 0.2) is 0 Å². The Labute approximate surface area is 143 Å². The van der Waals surface area contributed by atoms with Crippen LogP contribution in [-0.2, 0) is 0 Å². The Morgan fingerprint density at radius 1 is 1.12 bits per heavy atom. The van der Waals surface area contributed by atoms with E-state index in [1.807, 2.05) is 43.3 Å². The van der Waals surface area contributed by atoms with Gasteiger partial charge in [0.05, 0.1) is 22.1 Å². The minimum atomic E-state index is -0.690. The summed E-state index contributed by atoms with van der Waals surface area (Å²) in [5.74, 6) is 0. The predicted molar refractivity (Wildman–Crippen MR) is 96.6 cm³/mol. The van der Waals surface area contributed by atoms with Crippen LogP contribution in [0.2, 0.25) is 0 Å². The van der Waals surface area contributed by atoms with Crippen molar-refractivity contribution in [3.63, 3.8) is 0 Å². The normalized spacial score (nSPS) is 11.5. The minimum Gasteiger partial charge on any atom is -0.272 e. The third-order valence-corrected chi connectivity index (χ3v) is 3.31. The molecule has 0 aliphatic carbocycles. The number of rotatable bonds is 7. The lowest BCUT2D eigenvalue weighted by atomic mass is 10.1. The van der Waals surface area contributed by atoms with Gasteiger partial charge >= 0.3 is 5.69 Å². The molecular weight excluding hydrogens is 324 g/mol. The summed E-state index contributed by atoms with van der Waals surface area (Å²) in [7, 11) is 0. The summed E-state index contributed by atoms with van der Waals surface area (Å²) in [4.78, 5) is 20.5. The quantitative estimate of drug-likeness (QED) is 0.456. The van der Waals surface area contributed by atoms with Crippen molar-refractivity contribution in [1.29, 1.82) is 0 Å². The Bertz CT molecular complexity index is 832. The van der Waals surface area contributed by atoms with Gasteiger partial charge in [-0.3, -0.25) is 25.7 Å². The van der Waals surface area contributed by atoms with E-state index in [4.69, 9.17) is 0 Å². The second-order valence-corrected chi connectivity index (χ2v) is 5.02. The lowest BCUT2D eigenvalue weighted by Gasteiger charge is -2.04. The molecule has 0 aromatic heterocycles. The van der Waals surface area contributed by atoms with Crippen molar-refractivity contribution in [2.24, 2.45) is 5.10 Å². The average Bonchev–Trinajstić information content (AvgIpc) is 2.61. The van der Waals surface area contributed by atoms with Crippen molar-refractivity contribution < 1.29 is 9.85 Å². The number of nitrogens with zero attached hydrogens (tertiary/aromatic N) is 3. The second kappa shape index (κ2) is 8.34. The molecule has 0 radical (unpaired) electrons. The summed E-state index contributed by atoms with van der Waals surface area (Å²) < 4.78 is 0. The highest BCUT2D eigenvalue weighted by atomic mass is 16.6. The molecule has 128 valence electrons. The standard InChI is InChI=1S/C17H16N4O4/c1-2-6-14(13-7-4-3-5-8-13)12-18-19-16-10-9-15(20(22)23)11-17(16)21(24)25/h3-12,19H,2H2,1H3. The molecule has 0 bridgehead atoms. The summed E-state index contributed by atoms with van der Waals surface area (Å²) in [6.45, 7) is 1.99. The molecular formula is C17H16N4O4. The molecule has 25 heavy (non-hydrogen) atoms. The monoisotopic (exact) mass is 340 g/mol. The number of nitro benzene ring substituents is 2. The van der Waals surface area contributed by atoms with Crippen LogP contribution in [0.5, 0.6) is 0 Å². The molecule has 1 N–H and O–H groups in total. The number of hydrogen-bond donors (Lipinski definition) is 1. The summed E-state index contributed by atoms with van der Waals surface area (Å²) >= 11 is 0. The SMILES string of the molecule is CCC=C(C=NNc1ccc([N+](=O)[O-])cc1[N+](=O)[O-])c1ccccc1. The van der Waals surface area contributed by atoms with Gasteiger partial charge in [0, 0.05) is 6.07 Å². The Morgan fingerprint density at radius 2 is 1.84 bits per heavy atom. The molecule has 0 aliphatic heterocycles. The maximum atomic E-state index is 11.1. The number of nitro groups is 2. The smallest absolute Gasteiger partial charge is 0.272 e. The van der Waals surface area contributed by atoms with Crippen molar-refractivity contribution in [2.75, 3.05) is 5.43 Å². The number of anilines is 1. The summed E-state index contributed by atoms with van der Waals surface area (Å²) in [6.07, 6.45) is 4.34. The Balaban J connectivity index is 2.24. The van der Waals surface area contributed by atoms with Gasteiger partial charge in [0.1, 0.15) is 5.69 Å². The van der Waals surface area contributed by atoms with Gasteiger partial charge in [0.2, 0.25) is 0 Å². The molecule has 0 saturated carbocycles. The van der Waals surface area contributed by atoms with Crippen molar-refractivity contribution in [1.82, 2.24) is 0 Å². The maximum Gasteiger partial charge on any atom is 0.301 e. The Kier molecular flexibility index (Phi) is 5.94. The molecule has 0 spiro atoms. The largest absolute Gasteiger partial charge is 0.301 e. The Hall–Kier alpha value is -3.55. The number of nitrogens with one attached hydrogen (secondary N) is 1. The van der Waals surface area contributed by atoms with Crippen molar-refractivity contribution in [3.05, 3.63) is 80.4 Å². The molecule has 0 saturated heterocycles. The topological polar surface area (TPSA) is 111 Å². The van der Waals surface area contributed by atoms with E-state index in [0.29, 0.717) is 0 Å². The van der Waals surface area contributed by atoms with Gasteiger partial charge < -0.3 is 0 Å². The zero-order valence-corrected chi connectivity index (χ0v) is 13.5. The molecule has 0 aliphatic rings. The van der Waals surface area contributed by atoms with Gasteiger partial charge in [-0.25, -0.2) is 0 Å². The van der Waals surface area contributed by atoms with E-state index in [2.05, 4.69) is 10.5 Å². The van der Waals surface area contributed by atoms with Gasteiger partial charge in [-0.1, -0.05) is 43.3 Å². The zero-order chi connectivity index (χ0) is 18.2. The van der Waals surface area contributed by atoms with Crippen LogP contribution >= 0.6 is 0 Å². The number of allylic oxidation sites excluding steroid dienone is 2. The lowest BCUT2D eigenvalue weighted by Crippen LogP contribution is -1.99. The van der Waals surface area contributed by atoms with Crippen LogP contribution in [0.4, 0.5) is 17.1 Å². The molecule has 0 atom stereocenters. The molecule has 8 nitrogen and oxygen atoms in total. The van der Waals surface area contributed by atoms with Gasteiger partial charge in [-0.2, -0.15) is 5.10 Å². The van der Waals surface area contributed by atoms with E-state index >= 15 is 0 Å². The van der Waals surface area contributed by atoms with Crippen molar-refractivity contribution in [2.45, 2.75) is 13.3 Å². The maximum absolute atomic E-state index is 11.1. The first-order valence-corrected chi connectivity index (χ1v) is 7.50.